The summed E-state index contributed by atoms with van der Waals surface area (Å²) in [4.78, 5) is 26.3. The van der Waals surface area contributed by atoms with Gasteiger partial charge in [0.1, 0.15) is 10.6 Å². The van der Waals surface area contributed by atoms with Crippen LogP contribution in [0.3, 0.4) is 0 Å². The third kappa shape index (κ3) is 3.81. The number of hydrogen-bond donors (Lipinski definition) is 2. The molecule has 1 saturated carbocycles. The number of fused-ring (bicyclic) bond motifs is 1. The molecule has 4 aromatic heterocycles. The predicted molar refractivity (Wildman–Crippen MR) is 114 cm³/mol. The van der Waals surface area contributed by atoms with Crippen molar-refractivity contribution in [1.29, 1.82) is 0 Å². The molecule has 5 rings (SSSR count). The molecule has 8 nitrogen and oxygen atoms in total. The zero-order chi connectivity index (χ0) is 19.6. The van der Waals surface area contributed by atoms with E-state index >= 15 is 0 Å². The number of nitrogens with zero attached hydrogens (tertiary/aromatic N) is 5. The second-order valence-corrected chi connectivity index (χ2v) is 7.94. The van der Waals surface area contributed by atoms with Gasteiger partial charge < -0.3 is 10.6 Å². The van der Waals surface area contributed by atoms with Crippen LogP contribution in [0.2, 0.25) is 0 Å². The van der Waals surface area contributed by atoms with Gasteiger partial charge in [-0.15, -0.1) is 11.3 Å². The summed E-state index contributed by atoms with van der Waals surface area (Å²) in [5.74, 6) is 1.48. The minimum atomic E-state index is -0.178. The molecule has 1 aliphatic rings. The van der Waals surface area contributed by atoms with Gasteiger partial charge in [0.05, 0.1) is 11.9 Å². The van der Waals surface area contributed by atoms with Gasteiger partial charge in [0, 0.05) is 35.9 Å². The van der Waals surface area contributed by atoms with Crippen LogP contribution in [0.4, 0.5) is 11.8 Å². The molecule has 0 aromatic carbocycles. The minimum Gasteiger partial charge on any atom is -0.367 e. The summed E-state index contributed by atoms with van der Waals surface area (Å²) in [5, 5.41) is 14.1. The molecule has 29 heavy (non-hydrogen) atoms. The average Bonchev–Trinajstić information content (AvgIpc) is 3.38. The molecule has 146 valence electrons. The first-order valence-electron chi connectivity index (χ1n) is 9.49. The van der Waals surface area contributed by atoms with Gasteiger partial charge in [0.2, 0.25) is 5.95 Å². The molecular formula is C20H19N7OS. The van der Waals surface area contributed by atoms with E-state index in [0.717, 1.165) is 35.3 Å². The zero-order valence-electron chi connectivity index (χ0n) is 15.5. The Morgan fingerprint density at radius 3 is 2.76 bits per heavy atom. The minimum absolute atomic E-state index is 0.178. The lowest BCUT2D eigenvalue weighted by molar-refractivity contribution is 0.717. The van der Waals surface area contributed by atoms with E-state index in [0.29, 0.717) is 23.7 Å². The fourth-order valence-electron chi connectivity index (χ4n) is 3.61. The highest BCUT2D eigenvalue weighted by molar-refractivity contribution is 7.16. The van der Waals surface area contributed by atoms with Crippen LogP contribution in [0, 0.1) is 0 Å². The zero-order valence-corrected chi connectivity index (χ0v) is 16.3. The molecule has 2 N–H and O–H groups in total. The molecule has 0 spiro atoms. The normalized spacial score (nSPS) is 18.8. The smallest absolute Gasteiger partial charge is 0.271 e. The SMILES string of the molecule is O=c1cccnn1-c1ccc(N[C@H]2CC[C@H](Nc3ncc4ccsc4n3)C2)nc1. The number of rotatable bonds is 5. The van der Waals surface area contributed by atoms with E-state index < -0.39 is 0 Å². The molecule has 9 heteroatoms. The molecule has 4 heterocycles. The maximum absolute atomic E-state index is 11.9. The van der Waals surface area contributed by atoms with Crippen molar-refractivity contribution in [2.24, 2.45) is 0 Å². The van der Waals surface area contributed by atoms with Crippen molar-refractivity contribution >= 4 is 33.3 Å². The van der Waals surface area contributed by atoms with E-state index in [9.17, 15) is 4.79 Å². The van der Waals surface area contributed by atoms with E-state index in [1.54, 1.807) is 29.8 Å². The lowest BCUT2D eigenvalue weighted by atomic mass is 10.2. The number of nitrogens with one attached hydrogen (secondary N) is 2. The quantitative estimate of drug-likeness (QED) is 0.526. The van der Waals surface area contributed by atoms with E-state index in [1.165, 1.54) is 10.7 Å². The van der Waals surface area contributed by atoms with Gasteiger partial charge in [-0.3, -0.25) is 4.79 Å². The van der Waals surface area contributed by atoms with Crippen LogP contribution >= 0.6 is 11.3 Å². The standard InChI is InChI=1S/C20H19N7OS/c28-18-2-1-8-23-27(18)16-5-6-17(21-12-16)24-14-3-4-15(10-14)25-20-22-11-13-7-9-29-19(13)26-20/h1-2,5-9,11-12,14-15H,3-4,10H2,(H,21,24)(H,22,25,26)/t14-,15-/m0/s1. The topological polar surface area (TPSA) is 97.6 Å². The summed E-state index contributed by atoms with van der Waals surface area (Å²) in [6, 6.07) is 9.51. The Balaban J connectivity index is 1.20. The summed E-state index contributed by atoms with van der Waals surface area (Å²) in [6.45, 7) is 0. The predicted octanol–water partition coefficient (Wildman–Crippen LogP) is 3.08. The van der Waals surface area contributed by atoms with Crippen molar-refractivity contribution < 1.29 is 0 Å². The fourth-order valence-corrected chi connectivity index (χ4v) is 4.35. The Labute approximate surface area is 170 Å². The van der Waals surface area contributed by atoms with Crippen LogP contribution in [-0.2, 0) is 0 Å². The molecule has 0 saturated heterocycles. The van der Waals surface area contributed by atoms with E-state index in [1.807, 2.05) is 29.8 Å². The lowest BCUT2D eigenvalue weighted by Gasteiger charge is -2.15. The van der Waals surface area contributed by atoms with Crippen molar-refractivity contribution in [1.82, 2.24) is 24.7 Å². The molecule has 1 aliphatic carbocycles. The van der Waals surface area contributed by atoms with Crippen molar-refractivity contribution in [2.45, 2.75) is 31.3 Å². The first-order chi connectivity index (χ1) is 14.2. The highest BCUT2D eigenvalue weighted by Gasteiger charge is 2.25. The number of anilines is 2. The third-order valence-electron chi connectivity index (χ3n) is 5.03. The van der Waals surface area contributed by atoms with Gasteiger partial charge in [-0.05, 0) is 48.9 Å². The third-order valence-corrected chi connectivity index (χ3v) is 5.86. The van der Waals surface area contributed by atoms with Crippen molar-refractivity contribution in [3.05, 3.63) is 64.7 Å². The molecule has 1 fully saturated rings. The van der Waals surface area contributed by atoms with Crippen LogP contribution < -0.4 is 16.2 Å². The highest BCUT2D eigenvalue weighted by Crippen LogP contribution is 2.26. The lowest BCUT2D eigenvalue weighted by Crippen LogP contribution is -2.22. The first-order valence-corrected chi connectivity index (χ1v) is 10.4. The number of hydrogen-bond acceptors (Lipinski definition) is 8. The molecule has 0 bridgehead atoms. The van der Waals surface area contributed by atoms with Crippen LogP contribution in [0.25, 0.3) is 15.9 Å². The highest BCUT2D eigenvalue weighted by atomic mass is 32.1. The maximum Gasteiger partial charge on any atom is 0.271 e. The summed E-state index contributed by atoms with van der Waals surface area (Å²) in [5.41, 5.74) is 0.468. The molecule has 4 aromatic rings. The summed E-state index contributed by atoms with van der Waals surface area (Å²) in [7, 11) is 0. The van der Waals surface area contributed by atoms with Crippen LogP contribution in [0.1, 0.15) is 19.3 Å². The van der Waals surface area contributed by atoms with Gasteiger partial charge in [-0.1, -0.05) is 0 Å². The van der Waals surface area contributed by atoms with Gasteiger partial charge in [0.15, 0.2) is 0 Å². The van der Waals surface area contributed by atoms with E-state index in [-0.39, 0.29) is 5.56 Å². The van der Waals surface area contributed by atoms with Crippen molar-refractivity contribution in [2.75, 3.05) is 10.6 Å². The summed E-state index contributed by atoms with van der Waals surface area (Å²) in [6.07, 6.45) is 8.16. The molecule has 0 amide bonds. The largest absolute Gasteiger partial charge is 0.367 e. The van der Waals surface area contributed by atoms with Crippen molar-refractivity contribution in [3.63, 3.8) is 0 Å². The Morgan fingerprint density at radius 2 is 1.93 bits per heavy atom. The maximum atomic E-state index is 11.9. The Bertz CT molecular complexity index is 1190. The average molecular weight is 405 g/mol. The van der Waals surface area contributed by atoms with Crippen LogP contribution in [0.15, 0.2) is 59.1 Å². The molecule has 0 unspecified atom stereocenters. The van der Waals surface area contributed by atoms with Crippen molar-refractivity contribution in [3.8, 4) is 5.69 Å². The summed E-state index contributed by atoms with van der Waals surface area (Å²) >= 11 is 1.62. The Morgan fingerprint density at radius 1 is 1.03 bits per heavy atom. The molecule has 2 atom stereocenters. The van der Waals surface area contributed by atoms with Gasteiger partial charge in [-0.25, -0.2) is 15.0 Å². The molecule has 0 radical (unpaired) electrons. The first kappa shape index (κ1) is 17.7. The Kier molecular flexibility index (Phi) is 4.65. The van der Waals surface area contributed by atoms with E-state index in [4.69, 9.17) is 0 Å². The van der Waals surface area contributed by atoms with Gasteiger partial charge in [-0.2, -0.15) is 9.78 Å². The number of pyridine rings is 1. The van der Waals surface area contributed by atoms with E-state index in [2.05, 4.69) is 30.7 Å². The monoisotopic (exact) mass is 405 g/mol. The fraction of sp³-hybridized carbons (Fsp3) is 0.250. The second-order valence-electron chi connectivity index (χ2n) is 7.05. The molecular weight excluding hydrogens is 386 g/mol. The molecule has 0 aliphatic heterocycles. The van der Waals surface area contributed by atoms with Crippen LogP contribution in [0.5, 0.6) is 0 Å². The van der Waals surface area contributed by atoms with Crippen LogP contribution in [-0.4, -0.2) is 36.8 Å². The second kappa shape index (κ2) is 7.59. The van der Waals surface area contributed by atoms with Gasteiger partial charge in [0.25, 0.3) is 5.56 Å². The Hall–Kier alpha value is -3.33. The number of thiophene rings is 1. The van der Waals surface area contributed by atoms with Gasteiger partial charge >= 0.3 is 0 Å². The number of aromatic nitrogens is 5. The summed E-state index contributed by atoms with van der Waals surface area (Å²) < 4.78 is 1.33.